The van der Waals surface area contributed by atoms with Gasteiger partial charge in [0.15, 0.2) is 29.6 Å². The van der Waals surface area contributed by atoms with Gasteiger partial charge in [-0.15, -0.1) is 5.10 Å². The quantitative estimate of drug-likeness (QED) is 0.374. The Balaban J connectivity index is 1.75. The minimum absolute atomic E-state index is 0.208. The molecule has 30 heavy (non-hydrogen) atoms. The van der Waals surface area contributed by atoms with Crippen LogP contribution in [0.2, 0.25) is 0 Å². The number of aromatic nitrogens is 7. The summed E-state index contributed by atoms with van der Waals surface area (Å²) < 4.78 is 24.6. The van der Waals surface area contributed by atoms with Crippen LogP contribution in [-0.2, 0) is 33.3 Å². The molecule has 3 aromatic rings. The minimum Gasteiger partial charge on any atom is -0.463 e. The van der Waals surface area contributed by atoms with Gasteiger partial charge in [-0.3, -0.25) is 19.0 Å². The van der Waals surface area contributed by atoms with Crippen LogP contribution in [0.3, 0.4) is 0 Å². The lowest BCUT2D eigenvalue weighted by molar-refractivity contribution is -0.166. The number of hydrogen-bond acceptors (Lipinski definition) is 12. The number of imidazole rings is 1. The van der Waals surface area contributed by atoms with E-state index in [1.165, 1.54) is 42.5 Å². The number of esters is 3. The summed E-state index contributed by atoms with van der Waals surface area (Å²) in [4.78, 5) is 43.2. The molecule has 0 amide bonds. The number of tetrazole rings is 1. The van der Waals surface area contributed by atoms with Crippen molar-refractivity contribution in [3.63, 3.8) is 0 Å². The molecule has 0 radical (unpaired) electrons. The number of carbonyl (C=O) groups excluding carboxylic acids is 3. The van der Waals surface area contributed by atoms with E-state index in [9.17, 15) is 14.4 Å². The highest BCUT2D eigenvalue weighted by Gasteiger charge is 2.51. The van der Waals surface area contributed by atoms with E-state index in [1.54, 1.807) is 0 Å². The number of carbonyl (C=O) groups is 3. The molecule has 4 rings (SSSR count). The molecule has 4 unspecified atom stereocenters. The Kier molecular flexibility index (Phi) is 4.99. The van der Waals surface area contributed by atoms with Crippen molar-refractivity contribution in [2.24, 2.45) is 0 Å². The van der Waals surface area contributed by atoms with Crippen LogP contribution in [0.5, 0.6) is 0 Å². The van der Waals surface area contributed by atoms with Crippen LogP contribution in [0.1, 0.15) is 27.0 Å². The van der Waals surface area contributed by atoms with Crippen LogP contribution in [0.15, 0.2) is 12.7 Å². The largest absolute Gasteiger partial charge is 0.463 e. The van der Waals surface area contributed by atoms with E-state index in [2.05, 4.69) is 25.5 Å². The molecule has 1 fully saturated rings. The number of rotatable bonds is 5. The third-order valence-corrected chi connectivity index (χ3v) is 4.38. The molecule has 14 nitrogen and oxygen atoms in total. The van der Waals surface area contributed by atoms with Crippen LogP contribution in [0.25, 0.3) is 16.8 Å². The fourth-order valence-corrected chi connectivity index (χ4v) is 3.28. The third kappa shape index (κ3) is 3.52. The Hall–Kier alpha value is -3.68. The van der Waals surface area contributed by atoms with Crippen LogP contribution < -0.4 is 0 Å². The molecular weight excluding hydrogens is 402 g/mol. The van der Waals surface area contributed by atoms with Gasteiger partial charge in [0.1, 0.15) is 19.0 Å². The number of nitrogens with zero attached hydrogens (tertiary/aromatic N) is 7. The van der Waals surface area contributed by atoms with Crippen LogP contribution in [0, 0.1) is 0 Å². The summed E-state index contributed by atoms with van der Waals surface area (Å²) in [5.41, 5.74) is 1.11. The molecule has 4 atom stereocenters. The first-order chi connectivity index (χ1) is 14.3. The molecule has 0 N–H and O–H groups in total. The monoisotopic (exact) mass is 419 g/mol. The van der Waals surface area contributed by atoms with Crippen molar-refractivity contribution in [1.29, 1.82) is 0 Å². The molecule has 0 saturated carbocycles. The van der Waals surface area contributed by atoms with E-state index in [0.29, 0.717) is 16.8 Å². The van der Waals surface area contributed by atoms with Gasteiger partial charge in [-0.25, -0.2) is 9.97 Å². The normalized spacial score (nSPS) is 23.6. The zero-order valence-electron chi connectivity index (χ0n) is 16.2. The molecule has 4 heterocycles. The van der Waals surface area contributed by atoms with Crippen molar-refractivity contribution in [3.05, 3.63) is 12.7 Å². The highest BCUT2D eigenvalue weighted by molar-refractivity contribution is 5.84. The zero-order valence-corrected chi connectivity index (χ0v) is 16.2. The van der Waals surface area contributed by atoms with Gasteiger partial charge in [-0.2, -0.15) is 4.52 Å². The van der Waals surface area contributed by atoms with Gasteiger partial charge in [0, 0.05) is 20.8 Å². The SMILES string of the molecule is CC(=O)OCC1OC(n2cnc3c2ncn2nnnc32)C(OC(C)=O)C1OC(C)=O. The molecular formula is C16H17N7O7. The van der Waals surface area contributed by atoms with Gasteiger partial charge < -0.3 is 18.9 Å². The van der Waals surface area contributed by atoms with Crippen molar-refractivity contribution < 1.29 is 33.3 Å². The van der Waals surface area contributed by atoms with Crippen molar-refractivity contribution in [1.82, 2.24) is 34.6 Å². The predicted octanol–water partition coefficient (Wildman–Crippen LogP) is -0.807. The van der Waals surface area contributed by atoms with E-state index in [1.807, 2.05) is 0 Å². The first-order valence-corrected chi connectivity index (χ1v) is 8.87. The Morgan fingerprint density at radius 1 is 1.00 bits per heavy atom. The lowest BCUT2D eigenvalue weighted by Crippen LogP contribution is -2.40. The predicted molar refractivity (Wildman–Crippen MR) is 93.5 cm³/mol. The fraction of sp³-hybridized carbons (Fsp3) is 0.500. The Morgan fingerprint density at radius 2 is 1.73 bits per heavy atom. The summed E-state index contributed by atoms with van der Waals surface area (Å²) in [7, 11) is 0. The molecule has 1 saturated heterocycles. The van der Waals surface area contributed by atoms with Gasteiger partial charge >= 0.3 is 17.9 Å². The first-order valence-electron chi connectivity index (χ1n) is 8.87. The molecule has 0 bridgehead atoms. The van der Waals surface area contributed by atoms with Crippen molar-refractivity contribution >= 4 is 34.7 Å². The van der Waals surface area contributed by atoms with E-state index in [4.69, 9.17) is 18.9 Å². The van der Waals surface area contributed by atoms with E-state index < -0.39 is 42.4 Å². The lowest BCUT2D eigenvalue weighted by atomic mass is 10.1. The summed E-state index contributed by atoms with van der Waals surface area (Å²) in [6, 6.07) is 0. The van der Waals surface area contributed by atoms with Crippen LogP contribution in [0.4, 0.5) is 0 Å². The number of fused-ring (bicyclic) bond motifs is 3. The summed E-state index contributed by atoms with van der Waals surface area (Å²) in [6.07, 6.45) is -1.10. The second-order valence-electron chi connectivity index (χ2n) is 6.53. The third-order valence-electron chi connectivity index (χ3n) is 4.38. The second kappa shape index (κ2) is 7.62. The number of hydrogen-bond donors (Lipinski definition) is 0. The van der Waals surface area contributed by atoms with Gasteiger partial charge in [0.05, 0.1) is 6.33 Å². The molecule has 0 aromatic carbocycles. The maximum Gasteiger partial charge on any atom is 0.303 e. The van der Waals surface area contributed by atoms with E-state index in [0.717, 1.165) is 0 Å². The molecule has 158 valence electrons. The van der Waals surface area contributed by atoms with Crippen molar-refractivity contribution in [3.8, 4) is 0 Å². The summed E-state index contributed by atoms with van der Waals surface area (Å²) in [5.74, 6) is -1.76. The molecule has 14 heteroatoms. The standard InChI is InChI=1S/C16H17N7O7/c1-7(24)27-4-10-12(28-8(2)25)13(29-9(3)26)16(30-10)22-5-17-11-14(22)18-6-23-15(11)19-20-21-23/h5-6,10,12-13,16H,4H2,1-3H3. The summed E-state index contributed by atoms with van der Waals surface area (Å²) >= 11 is 0. The van der Waals surface area contributed by atoms with E-state index >= 15 is 0 Å². The highest BCUT2D eigenvalue weighted by Crippen LogP contribution is 2.36. The molecule has 0 aliphatic carbocycles. The Bertz CT molecular complexity index is 1130. The Labute approximate surface area is 168 Å². The summed E-state index contributed by atoms with van der Waals surface area (Å²) in [6.45, 7) is 3.46. The average molecular weight is 419 g/mol. The topological polar surface area (TPSA) is 162 Å². The molecule has 3 aromatic heterocycles. The molecule has 1 aliphatic rings. The smallest absolute Gasteiger partial charge is 0.303 e. The molecule has 1 aliphatic heterocycles. The van der Waals surface area contributed by atoms with Crippen molar-refractivity contribution in [2.45, 2.75) is 45.3 Å². The highest BCUT2D eigenvalue weighted by atomic mass is 16.7. The average Bonchev–Trinajstić information content (AvgIpc) is 3.36. The van der Waals surface area contributed by atoms with Gasteiger partial charge in [0.2, 0.25) is 5.65 Å². The Morgan fingerprint density at radius 3 is 2.43 bits per heavy atom. The minimum atomic E-state index is -1.04. The summed E-state index contributed by atoms with van der Waals surface area (Å²) in [5, 5.41) is 11.2. The van der Waals surface area contributed by atoms with Gasteiger partial charge in [-0.1, -0.05) is 0 Å². The van der Waals surface area contributed by atoms with Crippen LogP contribution >= 0.6 is 0 Å². The first kappa shape index (κ1) is 19.6. The van der Waals surface area contributed by atoms with E-state index in [-0.39, 0.29) is 6.61 Å². The maximum absolute atomic E-state index is 11.7. The van der Waals surface area contributed by atoms with Gasteiger partial charge in [-0.05, 0) is 10.4 Å². The zero-order chi connectivity index (χ0) is 21.4. The molecule has 0 spiro atoms. The second-order valence-corrected chi connectivity index (χ2v) is 6.53. The van der Waals surface area contributed by atoms with Crippen LogP contribution in [-0.4, -0.2) is 77.4 Å². The maximum atomic E-state index is 11.7. The van der Waals surface area contributed by atoms with Gasteiger partial charge in [0.25, 0.3) is 0 Å². The lowest BCUT2D eigenvalue weighted by Gasteiger charge is -2.23. The fourth-order valence-electron chi connectivity index (χ4n) is 3.28. The van der Waals surface area contributed by atoms with Crippen molar-refractivity contribution in [2.75, 3.05) is 6.61 Å². The number of ether oxygens (including phenoxy) is 4.